The number of rotatable bonds is 1. The summed E-state index contributed by atoms with van der Waals surface area (Å²) in [5, 5.41) is 5.93. The fourth-order valence-corrected chi connectivity index (χ4v) is 3.25. The lowest BCUT2D eigenvalue weighted by Gasteiger charge is -2.49. The number of hydrogen-bond donors (Lipinski definition) is 2. The fourth-order valence-electron chi connectivity index (χ4n) is 2.97. The van der Waals surface area contributed by atoms with Crippen molar-refractivity contribution in [3.05, 3.63) is 28.8 Å². The van der Waals surface area contributed by atoms with Crippen LogP contribution >= 0.6 is 11.6 Å². The highest BCUT2D eigenvalue weighted by atomic mass is 35.5. The molecule has 6 heteroatoms. The number of benzene rings is 1. The third kappa shape index (κ3) is 1.69. The van der Waals surface area contributed by atoms with Gasteiger partial charge >= 0.3 is 6.03 Å². The van der Waals surface area contributed by atoms with Crippen LogP contribution in [0.1, 0.15) is 25.5 Å². The molecular formula is C13H13ClN2O3. The van der Waals surface area contributed by atoms with E-state index in [2.05, 4.69) is 10.6 Å². The van der Waals surface area contributed by atoms with Gasteiger partial charge in [-0.3, -0.25) is 10.1 Å². The summed E-state index contributed by atoms with van der Waals surface area (Å²) in [5.74, 6) is 0.00756. The molecule has 1 aromatic rings. The number of urea groups is 1. The maximum Gasteiger partial charge on any atom is 0.318 e. The van der Waals surface area contributed by atoms with Crippen molar-refractivity contribution in [2.75, 3.05) is 0 Å². The Labute approximate surface area is 115 Å². The second-order valence-corrected chi connectivity index (χ2v) is 5.43. The first-order valence-electron chi connectivity index (χ1n) is 5.99. The predicted molar refractivity (Wildman–Crippen MR) is 69.1 cm³/mol. The zero-order valence-electron chi connectivity index (χ0n) is 10.5. The monoisotopic (exact) mass is 280 g/mol. The summed E-state index contributed by atoms with van der Waals surface area (Å²) in [7, 11) is 0. The zero-order chi connectivity index (χ0) is 13.8. The fraction of sp³-hybridized carbons (Fsp3) is 0.385. The topological polar surface area (TPSA) is 67.4 Å². The molecule has 1 fully saturated rings. The molecule has 0 radical (unpaired) electrons. The average Bonchev–Trinajstić information content (AvgIpc) is 2.25. The second kappa shape index (κ2) is 3.87. The molecular weight excluding hydrogens is 268 g/mol. The van der Waals surface area contributed by atoms with E-state index in [0.717, 1.165) is 0 Å². The summed E-state index contributed by atoms with van der Waals surface area (Å²) >= 11 is 6.19. The van der Waals surface area contributed by atoms with Crippen LogP contribution in [-0.4, -0.2) is 17.5 Å². The van der Waals surface area contributed by atoms with Crippen molar-refractivity contribution in [1.82, 2.24) is 10.6 Å². The van der Waals surface area contributed by atoms with Crippen LogP contribution in [0.15, 0.2) is 18.2 Å². The molecule has 19 heavy (non-hydrogen) atoms. The lowest BCUT2D eigenvalue weighted by atomic mass is 9.78. The van der Waals surface area contributed by atoms with Crippen LogP contribution in [0.3, 0.4) is 0 Å². The third-order valence-corrected chi connectivity index (χ3v) is 3.99. The highest BCUT2D eigenvalue weighted by molar-refractivity contribution is 6.31. The zero-order valence-corrected chi connectivity index (χ0v) is 11.2. The van der Waals surface area contributed by atoms with Gasteiger partial charge in [-0.1, -0.05) is 17.7 Å². The van der Waals surface area contributed by atoms with E-state index in [1.54, 1.807) is 25.1 Å². The van der Waals surface area contributed by atoms with E-state index in [1.807, 2.05) is 0 Å². The summed E-state index contributed by atoms with van der Waals surface area (Å²) in [6.07, 6.45) is 0. The Morgan fingerprint density at radius 1 is 1.47 bits per heavy atom. The van der Waals surface area contributed by atoms with Crippen LogP contribution in [0, 0.1) is 5.92 Å². The third-order valence-electron chi connectivity index (χ3n) is 3.66. The molecule has 3 atom stereocenters. The molecule has 100 valence electrons. The Bertz CT molecular complexity index is 589. The van der Waals surface area contributed by atoms with Gasteiger partial charge in [-0.2, -0.15) is 0 Å². The number of halogens is 1. The van der Waals surface area contributed by atoms with Crippen molar-refractivity contribution in [2.24, 2.45) is 5.92 Å². The summed E-state index contributed by atoms with van der Waals surface area (Å²) in [6, 6.07) is 4.44. The first kappa shape index (κ1) is 12.3. The Morgan fingerprint density at radius 2 is 2.21 bits per heavy atom. The van der Waals surface area contributed by atoms with Crippen LogP contribution in [0.4, 0.5) is 4.79 Å². The molecule has 2 bridgehead atoms. The Balaban J connectivity index is 2.22. The van der Waals surface area contributed by atoms with Crippen molar-refractivity contribution in [3.63, 3.8) is 0 Å². The molecule has 2 amide bonds. The number of hydrogen-bond acceptors (Lipinski definition) is 3. The first-order valence-corrected chi connectivity index (χ1v) is 6.37. The van der Waals surface area contributed by atoms with Crippen molar-refractivity contribution >= 4 is 23.4 Å². The molecule has 3 rings (SSSR count). The maximum absolute atomic E-state index is 11.9. The number of nitrogens with one attached hydrogen (secondary N) is 2. The molecule has 5 nitrogen and oxygen atoms in total. The number of carbonyl (C=O) groups excluding carboxylic acids is 2. The number of fused-ring (bicyclic) bond motifs is 4. The minimum Gasteiger partial charge on any atom is -0.467 e. The molecule has 0 aromatic heterocycles. The SMILES string of the molecule is CC(=O)C1C2NC(=O)NC1(C)Oc1cccc(Cl)c12. The smallest absolute Gasteiger partial charge is 0.318 e. The maximum atomic E-state index is 11.9. The van der Waals surface area contributed by atoms with Gasteiger partial charge in [0, 0.05) is 10.6 Å². The van der Waals surface area contributed by atoms with Crippen molar-refractivity contribution in [1.29, 1.82) is 0 Å². The number of amides is 2. The van der Waals surface area contributed by atoms with E-state index < -0.39 is 17.7 Å². The molecule has 2 N–H and O–H groups in total. The predicted octanol–water partition coefficient (Wildman–Crippen LogP) is 2.01. The van der Waals surface area contributed by atoms with Crippen LogP contribution in [0.25, 0.3) is 0 Å². The molecule has 2 aliphatic rings. The van der Waals surface area contributed by atoms with Crippen LogP contribution in [0.5, 0.6) is 5.75 Å². The quantitative estimate of drug-likeness (QED) is 0.827. The second-order valence-electron chi connectivity index (χ2n) is 5.03. The highest BCUT2D eigenvalue weighted by Gasteiger charge is 2.54. The summed E-state index contributed by atoms with van der Waals surface area (Å²) in [6.45, 7) is 3.19. The van der Waals surface area contributed by atoms with Gasteiger partial charge in [-0.05, 0) is 26.0 Å². The van der Waals surface area contributed by atoms with Gasteiger partial charge in [0.25, 0.3) is 0 Å². The van der Waals surface area contributed by atoms with Gasteiger partial charge < -0.3 is 10.1 Å². The van der Waals surface area contributed by atoms with Crippen LogP contribution in [-0.2, 0) is 4.79 Å². The lowest BCUT2D eigenvalue weighted by Crippen LogP contribution is -2.69. The minimum absolute atomic E-state index is 0.0643. The Kier molecular flexibility index (Phi) is 2.50. The van der Waals surface area contributed by atoms with Crippen LogP contribution < -0.4 is 15.4 Å². The largest absolute Gasteiger partial charge is 0.467 e. The minimum atomic E-state index is -1.05. The van der Waals surface area contributed by atoms with Crippen molar-refractivity contribution in [2.45, 2.75) is 25.6 Å². The van der Waals surface area contributed by atoms with Gasteiger partial charge in [-0.25, -0.2) is 4.79 Å². The standard InChI is InChI=1S/C13H13ClN2O3/c1-6(17)10-11-9-7(14)4-3-5-8(9)19-13(10,2)16-12(18)15-11/h3-5,10-11H,1-2H3,(H2,15,16,18). The van der Waals surface area contributed by atoms with Crippen molar-refractivity contribution in [3.8, 4) is 5.75 Å². The molecule has 0 aliphatic carbocycles. The molecule has 1 saturated heterocycles. The summed E-state index contributed by atoms with van der Waals surface area (Å²) < 4.78 is 5.84. The molecule has 2 heterocycles. The van der Waals surface area contributed by atoms with Crippen molar-refractivity contribution < 1.29 is 14.3 Å². The van der Waals surface area contributed by atoms with Gasteiger partial charge in [0.2, 0.25) is 0 Å². The average molecular weight is 281 g/mol. The molecule has 2 aliphatic heterocycles. The van der Waals surface area contributed by atoms with Gasteiger partial charge in [-0.15, -0.1) is 0 Å². The van der Waals surface area contributed by atoms with E-state index in [9.17, 15) is 9.59 Å². The number of ketones is 1. The molecule has 0 spiro atoms. The van der Waals surface area contributed by atoms with E-state index in [4.69, 9.17) is 16.3 Å². The Hall–Kier alpha value is -1.75. The summed E-state index contributed by atoms with van der Waals surface area (Å²) in [5.41, 5.74) is -0.382. The Morgan fingerprint density at radius 3 is 2.89 bits per heavy atom. The molecule has 3 unspecified atom stereocenters. The number of ether oxygens (including phenoxy) is 1. The molecule has 1 aromatic carbocycles. The van der Waals surface area contributed by atoms with Crippen LogP contribution in [0.2, 0.25) is 5.02 Å². The number of carbonyl (C=O) groups is 2. The normalized spacial score (nSPS) is 31.6. The van der Waals surface area contributed by atoms with Gasteiger partial charge in [0.1, 0.15) is 17.5 Å². The first-order chi connectivity index (χ1) is 8.92. The van der Waals surface area contributed by atoms with Gasteiger partial charge in [0.15, 0.2) is 5.72 Å². The van der Waals surface area contributed by atoms with E-state index in [1.165, 1.54) is 6.92 Å². The number of Topliss-reactive ketones (excluding diaryl/α,β-unsaturated/α-hetero) is 1. The summed E-state index contributed by atoms with van der Waals surface area (Å²) in [4.78, 5) is 23.6. The molecule has 0 saturated carbocycles. The van der Waals surface area contributed by atoms with E-state index in [0.29, 0.717) is 16.3 Å². The van der Waals surface area contributed by atoms with E-state index in [-0.39, 0.29) is 11.8 Å². The van der Waals surface area contributed by atoms with E-state index >= 15 is 0 Å². The lowest BCUT2D eigenvalue weighted by molar-refractivity contribution is -0.134. The van der Waals surface area contributed by atoms with Gasteiger partial charge in [0.05, 0.1) is 6.04 Å². The highest BCUT2D eigenvalue weighted by Crippen LogP contribution is 2.47.